The van der Waals surface area contributed by atoms with E-state index < -0.39 is 0 Å². The highest BCUT2D eigenvalue weighted by atomic mass is 32.1. The predicted molar refractivity (Wildman–Crippen MR) is 71.2 cm³/mol. The van der Waals surface area contributed by atoms with Gasteiger partial charge in [-0.2, -0.15) is 0 Å². The van der Waals surface area contributed by atoms with E-state index in [2.05, 4.69) is 10.1 Å². The van der Waals surface area contributed by atoms with Crippen molar-refractivity contribution >= 4 is 23.1 Å². The molecule has 1 aromatic rings. The van der Waals surface area contributed by atoms with Crippen molar-refractivity contribution in [1.82, 2.24) is 9.88 Å². The van der Waals surface area contributed by atoms with E-state index in [9.17, 15) is 4.79 Å². The van der Waals surface area contributed by atoms with Gasteiger partial charge in [-0.3, -0.25) is 4.79 Å². The Balaban J connectivity index is 2.81. The van der Waals surface area contributed by atoms with E-state index in [-0.39, 0.29) is 17.8 Å². The Morgan fingerprint density at radius 2 is 2.22 bits per heavy atom. The molecule has 0 saturated heterocycles. The quantitative estimate of drug-likeness (QED) is 0.374. The number of nitrogens with zero attached hydrogens (tertiary/aromatic N) is 3. The van der Waals surface area contributed by atoms with E-state index in [1.54, 1.807) is 11.9 Å². The first-order valence-corrected chi connectivity index (χ1v) is 6.36. The summed E-state index contributed by atoms with van der Waals surface area (Å²) in [5.41, 5.74) is 6.18. The van der Waals surface area contributed by atoms with E-state index in [1.165, 1.54) is 11.3 Å². The lowest BCUT2D eigenvalue weighted by molar-refractivity contribution is 0.0751. The summed E-state index contributed by atoms with van der Waals surface area (Å²) >= 11 is 1.38. The molecule has 0 aromatic carbocycles. The van der Waals surface area contributed by atoms with Crippen molar-refractivity contribution in [3.05, 3.63) is 15.6 Å². The molecule has 0 fully saturated rings. The fourth-order valence-corrected chi connectivity index (χ4v) is 2.47. The van der Waals surface area contributed by atoms with Gasteiger partial charge < -0.3 is 15.8 Å². The number of hydrogen-bond donors (Lipinski definition) is 2. The molecule has 3 N–H and O–H groups in total. The molecule has 0 saturated carbocycles. The summed E-state index contributed by atoms with van der Waals surface area (Å²) in [5.74, 6) is 0.0238. The van der Waals surface area contributed by atoms with Crippen LogP contribution in [0.5, 0.6) is 0 Å². The molecular formula is C11H18N4O2S. The maximum Gasteiger partial charge on any atom is 0.265 e. The Labute approximate surface area is 110 Å². The smallest absolute Gasteiger partial charge is 0.265 e. The summed E-state index contributed by atoms with van der Waals surface area (Å²) in [6.45, 7) is 5.53. The Morgan fingerprint density at radius 1 is 1.61 bits per heavy atom. The van der Waals surface area contributed by atoms with Crippen molar-refractivity contribution in [2.75, 3.05) is 7.05 Å². The number of carbonyl (C=O) groups is 1. The van der Waals surface area contributed by atoms with Crippen molar-refractivity contribution in [2.45, 2.75) is 33.2 Å². The van der Waals surface area contributed by atoms with Gasteiger partial charge in [0.2, 0.25) is 0 Å². The van der Waals surface area contributed by atoms with Crippen molar-refractivity contribution in [3.63, 3.8) is 0 Å². The first kappa shape index (κ1) is 14.4. The highest BCUT2D eigenvalue weighted by molar-refractivity contribution is 7.13. The third-order valence-electron chi connectivity index (χ3n) is 2.71. The van der Waals surface area contributed by atoms with Crippen LogP contribution in [0.3, 0.4) is 0 Å². The molecule has 1 unspecified atom stereocenters. The topological polar surface area (TPSA) is 91.8 Å². The third kappa shape index (κ3) is 3.19. The van der Waals surface area contributed by atoms with Crippen LogP contribution in [0.4, 0.5) is 0 Å². The monoisotopic (exact) mass is 270 g/mol. The van der Waals surface area contributed by atoms with Gasteiger partial charge >= 0.3 is 0 Å². The zero-order valence-electron chi connectivity index (χ0n) is 11.0. The lowest BCUT2D eigenvalue weighted by Crippen LogP contribution is -2.37. The van der Waals surface area contributed by atoms with Crippen molar-refractivity contribution in [1.29, 1.82) is 0 Å². The van der Waals surface area contributed by atoms with Crippen molar-refractivity contribution < 1.29 is 10.0 Å². The standard InChI is InChI=1S/C11H18N4O2S/c1-6(5-9(12)14-17)15(4)11(16)10-7(2)13-8(3)18-10/h6,17H,5H2,1-4H3,(H2,12,14). The molecule has 6 nitrogen and oxygen atoms in total. The molecule has 1 heterocycles. The van der Waals surface area contributed by atoms with Crippen LogP contribution in [0.15, 0.2) is 5.16 Å². The van der Waals surface area contributed by atoms with Crippen LogP contribution in [0, 0.1) is 13.8 Å². The average Bonchev–Trinajstić information content (AvgIpc) is 2.66. The molecule has 0 spiro atoms. The number of carbonyl (C=O) groups excluding carboxylic acids is 1. The number of thiazole rings is 1. The fraction of sp³-hybridized carbons (Fsp3) is 0.545. The van der Waals surface area contributed by atoms with Gasteiger partial charge in [0.1, 0.15) is 10.7 Å². The number of hydrogen-bond acceptors (Lipinski definition) is 5. The van der Waals surface area contributed by atoms with Gasteiger partial charge in [0.05, 0.1) is 10.7 Å². The molecule has 0 aliphatic carbocycles. The average molecular weight is 270 g/mol. The summed E-state index contributed by atoms with van der Waals surface area (Å²) in [6, 6.07) is -0.143. The van der Waals surface area contributed by atoms with Crippen LogP contribution >= 0.6 is 11.3 Å². The molecule has 0 bridgehead atoms. The minimum atomic E-state index is -0.143. The van der Waals surface area contributed by atoms with Gasteiger partial charge in [-0.15, -0.1) is 11.3 Å². The number of aromatic nitrogens is 1. The minimum absolute atomic E-state index is 0.0867. The van der Waals surface area contributed by atoms with Gasteiger partial charge in [-0.25, -0.2) is 4.98 Å². The molecule has 0 radical (unpaired) electrons. The molecular weight excluding hydrogens is 252 g/mol. The van der Waals surface area contributed by atoms with Crippen molar-refractivity contribution in [3.8, 4) is 0 Å². The summed E-state index contributed by atoms with van der Waals surface area (Å²) in [4.78, 5) is 18.7. The van der Waals surface area contributed by atoms with Crippen molar-refractivity contribution in [2.24, 2.45) is 10.9 Å². The van der Waals surface area contributed by atoms with E-state index in [4.69, 9.17) is 10.9 Å². The number of amides is 1. The van der Waals surface area contributed by atoms with Crippen LogP contribution in [-0.4, -0.2) is 39.9 Å². The largest absolute Gasteiger partial charge is 0.409 e. The first-order valence-electron chi connectivity index (χ1n) is 5.54. The molecule has 0 aliphatic heterocycles. The summed E-state index contributed by atoms with van der Waals surface area (Å²) < 4.78 is 0. The number of oxime groups is 1. The highest BCUT2D eigenvalue weighted by Gasteiger charge is 2.22. The zero-order chi connectivity index (χ0) is 13.9. The molecule has 0 aliphatic rings. The lowest BCUT2D eigenvalue weighted by atomic mass is 10.2. The molecule has 18 heavy (non-hydrogen) atoms. The Morgan fingerprint density at radius 3 is 2.67 bits per heavy atom. The van der Waals surface area contributed by atoms with Gasteiger partial charge in [0.15, 0.2) is 0 Å². The Hall–Kier alpha value is -1.63. The molecule has 7 heteroatoms. The van der Waals surface area contributed by atoms with Crippen LogP contribution in [-0.2, 0) is 0 Å². The molecule has 100 valence electrons. The molecule has 1 atom stereocenters. The predicted octanol–water partition coefficient (Wildman–Crippen LogP) is 1.36. The zero-order valence-corrected chi connectivity index (χ0v) is 11.8. The second-order valence-corrected chi connectivity index (χ2v) is 5.41. The Bertz CT molecular complexity index is 470. The third-order valence-corrected chi connectivity index (χ3v) is 3.77. The number of nitrogens with two attached hydrogens (primary N) is 1. The van der Waals surface area contributed by atoms with E-state index in [0.717, 1.165) is 10.7 Å². The molecule has 1 aromatic heterocycles. The summed E-state index contributed by atoms with van der Waals surface area (Å²) in [5, 5.41) is 12.3. The molecule has 1 rings (SSSR count). The number of amidine groups is 1. The second-order valence-electron chi connectivity index (χ2n) is 4.21. The maximum atomic E-state index is 12.2. The van der Waals surface area contributed by atoms with E-state index in [0.29, 0.717) is 11.3 Å². The lowest BCUT2D eigenvalue weighted by Gasteiger charge is -2.24. The normalized spacial score (nSPS) is 13.4. The van der Waals surface area contributed by atoms with Gasteiger partial charge in [-0.1, -0.05) is 5.16 Å². The summed E-state index contributed by atoms with van der Waals surface area (Å²) in [6.07, 6.45) is 0.329. The second kappa shape index (κ2) is 5.81. The summed E-state index contributed by atoms with van der Waals surface area (Å²) in [7, 11) is 1.70. The first-order chi connectivity index (χ1) is 8.36. The fourth-order valence-electron chi connectivity index (χ4n) is 1.57. The molecule has 1 amide bonds. The van der Waals surface area contributed by atoms with Gasteiger partial charge in [-0.05, 0) is 20.8 Å². The highest BCUT2D eigenvalue weighted by Crippen LogP contribution is 2.20. The van der Waals surface area contributed by atoms with Crippen LogP contribution in [0.25, 0.3) is 0 Å². The Kier molecular flexibility index (Phi) is 4.66. The maximum absolute atomic E-state index is 12.2. The van der Waals surface area contributed by atoms with Crippen LogP contribution in [0.2, 0.25) is 0 Å². The van der Waals surface area contributed by atoms with E-state index >= 15 is 0 Å². The van der Waals surface area contributed by atoms with Crippen LogP contribution < -0.4 is 5.73 Å². The van der Waals surface area contributed by atoms with Gasteiger partial charge in [0.25, 0.3) is 5.91 Å². The number of aryl methyl sites for hydroxylation is 2. The SMILES string of the molecule is Cc1nc(C)c(C(=O)N(C)C(C)CC(N)=NO)s1. The minimum Gasteiger partial charge on any atom is -0.409 e. The van der Waals surface area contributed by atoms with Gasteiger partial charge in [0, 0.05) is 19.5 Å². The van der Waals surface area contributed by atoms with E-state index in [1.807, 2.05) is 20.8 Å². The number of rotatable bonds is 4. The van der Waals surface area contributed by atoms with Crippen LogP contribution in [0.1, 0.15) is 33.7 Å².